The minimum atomic E-state index is 0. The summed E-state index contributed by atoms with van der Waals surface area (Å²) in [6.45, 7) is 0. The predicted molar refractivity (Wildman–Crippen MR) is 19.4 cm³/mol. The molecule has 48 valence electrons. The van der Waals surface area contributed by atoms with Crippen LogP contribution in [0, 0.1) is 0 Å². The van der Waals surface area contributed by atoms with Crippen molar-refractivity contribution in [1.82, 2.24) is 0 Å². The molecule has 0 saturated heterocycles. The summed E-state index contributed by atoms with van der Waals surface area (Å²) >= 11 is 0. The minimum Gasteiger partial charge on any atom is -0.255 e. The van der Waals surface area contributed by atoms with Gasteiger partial charge in [-0.2, -0.15) is 0 Å². The summed E-state index contributed by atoms with van der Waals surface area (Å²) in [5.74, 6) is 0. The van der Waals surface area contributed by atoms with Gasteiger partial charge in [0.25, 0.3) is 0 Å². The van der Waals surface area contributed by atoms with Crippen molar-refractivity contribution < 1.29 is 31.1 Å². The van der Waals surface area contributed by atoms with Crippen LogP contribution in [0.25, 0.3) is 0 Å². The molecule has 0 aromatic heterocycles. The van der Waals surface area contributed by atoms with E-state index in [-0.39, 0.29) is 7.43 Å². The molecule has 0 heterocycles. The van der Waals surface area contributed by atoms with E-state index in [1.807, 2.05) is 0 Å². The second kappa shape index (κ2) is 42.1. The molecule has 0 amide bonds. The highest BCUT2D eigenvalue weighted by molar-refractivity contribution is 2.64. The molecule has 0 radical (unpaired) electrons. The fourth-order valence-corrected chi connectivity index (χ4v) is 0. The summed E-state index contributed by atoms with van der Waals surface area (Å²) in [4.78, 5) is 0. The molecule has 0 saturated carbocycles. The van der Waals surface area contributed by atoms with Gasteiger partial charge in [0.15, 0.2) is 0 Å². The van der Waals surface area contributed by atoms with Gasteiger partial charge in [-0.25, -0.2) is 10.5 Å². The highest BCUT2D eigenvalue weighted by Gasteiger charge is 1.53. The molecule has 0 unspecified atom stereocenters. The number of hydrogen-bond donors (Lipinski definition) is 4. The van der Waals surface area contributed by atoms with Gasteiger partial charge in [-0.1, -0.05) is 7.43 Å². The van der Waals surface area contributed by atoms with Crippen LogP contribution < -0.4 is 0 Å². The molecule has 0 fully saturated rings. The van der Waals surface area contributed by atoms with E-state index in [0.29, 0.717) is 0 Å². The lowest BCUT2D eigenvalue weighted by molar-refractivity contribution is -0.611. The van der Waals surface area contributed by atoms with Crippen LogP contribution >= 0.6 is 0 Å². The number of hydrogen-bond acceptors (Lipinski definition) is 6. The Morgan fingerprint density at radius 1 is 0.857 bits per heavy atom. The molecule has 4 N–H and O–H groups in total. The van der Waals surface area contributed by atoms with Gasteiger partial charge in [-0.15, -0.1) is 0 Å². The fraction of sp³-hybridized carbons (Fsp3) is 1.00. The molecule has 0 aromatic carbocycles. The van der Waals surface area contributed by atoms with Gasteiger partial charge in [0.2, 0.25) is 0 Å². The molecule has 7 heavy (non-hydrogen) atoms. The fourth-order valence-electron chi connectivity index (χ4n) is 0. The first-order valence-electron chi connectivity index (χ1n) is 0.732. The number of rotatable bonds is 1. The highest BCUT2D eigenvalue weighted by atomic mass is 17.6. The summed E-state index contributed by atoms with van der Waals surface area (Å²) in [6, 6.07) is 0. The SMILES string of the molecule is C.OO.OOOO. The Morgan fingerprint density at radius 3 is 1.00 bits per heavy atom. The van der Waals surface area contributed by atoms with E-state index in [1.165, 1.54) is 0 Å². The molecule has 0 aromatic rings. The van der Waals surface area contributed by atoms with E-state index < -0.39 is 0 Å². The van der Waals surface area contributed by atoms with Crippen LogP contribution in [-0.2, 0) is 10.1 Å². The summed E-state index contributed by atoms with van der Waals surface area (Å²) in [5, 5.41) is 31.0. The van der Waals surface area contributed by atoms with E-state index >= 15 is 0 Å². The molecule has 0 bridgehead atoms. The zero-order valence-electron chi connectivity index (χ0n) is 2.61. The van der Waals surface area contributed by atoms with Crippen LogP contribution in [0.1, 0.15) is 7.43 Å². The molecule has 0 aliphatic rings. The summed E-state index contributed by atoms with van der Waals surface area (Å²) in [6.07, 6.45) is 0. The normalized spacial score (nSPS) is 5.14. The van der Waals surface area contributed by atoms with Gasteiger partial charge in [0.05, 0.1) is 0 Å². The average Bonchev–Trinajstić information content (AvgIpc) is 1.72. The van der Waals surface area contributed by atoms with E-state index in [0.717, 1.165) is 0 Å². The smallest absolute Gasteiger partial charge is 0.0395 e. The maximum absolute atomic E-state index is 6.90. The van der Waals surface area contributed by atoms with Gasteiger partial charge >= 0.3 is 0 Å². The van der Waals surface area contributed by atoms with Crippen molar-refractivity contribution in [2.75, 3.05) is 0 Å². The molecular weight excluding hydrogens is 108 g/mol. The second-order valence-electron chi connectivity index (χ2n) is 0.149. The lowest BCUT2D eigenvalue weighted by Crippen LogP contribution is -1.75. The first-order chi connectivity index (χ1) is 2.91. The maximum Gasteiger partial charge on any atom is -0.0395 e. The molecule has 0 aliphatic carbocycles. The highest BCUT2D eigenvalue weighted by Crippen LogP contribution is 1.49. The van der Waals surface area contributed by atoms with Crippen molar-refractivity contribution >= 4 is 0 Å². The van der Waals surface area contributed by atoms with Crippen molar-refractivity contribution in [2.45, 2.75) is 7.43 Å². The van der Waals surface area contributed by atoms with E-state index in [4.69, 9.17) is 21.0 Å². The van der Waals surface area contributed by atoms with E-state index in [9.17, 15) is 0 Å². The van der Waals surface area contributed by atoms with Crippen molar-refractivity contribution in [3.05, 3.63) is 0 Å². The lowest BCUT2D eigenvalue weighted by atomic mass is 12.0. The minimum absolute atomic E-state index is 0. The molecule has 6 nitrogen and oxygen atoms in total. The van der Waals surface area contributed by atoms with Crippen LogP contribution in [0.3, 0.4) is 0 Å². The van der Waals surface area contributed by atoms with Crippen molar-refractivity contribution in [1.29, 1.82) is 0 Å². The maximum atomic E-state index is 6.90. The van der Waals surface area contributed by atoms with Crippen LogP contribution in [0.4, 0.5) is 0 Å². The van der Waals surface area contributed by atoms with Gasteiger partial charge in [0.1, 0.15) is 0 Å². The van der Waals surface area contributed by atoms with Gasteiger partial charge in [-0.05, 0) is 10.1 Å². The Balaban J connectivity index is -0.0000000480. The Morgan fingerprint density at radius 2 is 1.00 bits per heavy atom. The van der Waals surface area contributed by atoms with Crippen LogP contribution in [0.2, 0.25) is 0 Å². The van der Waals surface area contributed by atoms with Crippen LogP contribution in [0.5, 0.6) is 0 Å². The Hall–Kier alpha value is -0.240. The summed E-state index contributed by atoms with van der Waals surface area (Å²) in [7, 11) is 0. The Kier molecular flexibility index (Phi) is 95.5. The third kappa shape index (κ3) is 141. The monoisotopic (exact) mass is 116 g/mol. The first kappa shape index (κ1) is 15.9. The molecule has 0 spiro atoms. The Labute approximate surface area is 39.9 Å². The third-order valence-electron chi connectivity index (χ3n) is 0.0333. The molecule has 6 heteroatoms. The van der Waals surface area contributed by atoms with Gasteiger partial charge in [-0.3, -0.25) is 10.5 Å². The quantitative estimate of drug-likeness (QED) is 0.294. The van der Waals surface area contributed by atoms with E-state index in [1.54, 1.807) is 0 Å². The van der Waals surface area contributed by atoms with Crippen molar-refractivity contribution in [2.24, 2.45) is 0 Å². The zero-order chi connectivity index (χ0) is 5.41. The lowest BCUT2D eigenvalue weighted by Gasteiger charge is -1.71. The van der Waals surface area contributed by atoms with Gasteiger partial charge < -0.3 is 0 Å². The van der Waals surface area contributed by atoms with Crippen LogP contribution in [-0.4, -0.2) is 21.0 Å². The van der Waals surface area contributed by atoms with E-state index in [2.05, 4.69) is 10.1 Å². The van der Waals surface area contributed by atoms with Crippen LogP contribution in [0.15, 0.2) is 0 Å². The predicted octanol–water partition coefficient (Wildman–Crippen LogP) is 0.534. The van der Waals surface area contributed by atoms with Crippen molar-refractivity contribution in [3.63, 3.8) is 0 Å². The second-order valence-corrected chi connectivity index (χ2v) is 0.149. The Bertz CT molecular complexity index is 6.14. The average molecular weight is 116 g/mol. The molecular formula is CH8O6. The molecule has 0 rings (SSSR count). The third-order valence-corrected chi connectivity index (χ3v) is 0.0333. The zero-order valence-corrected chi connectivity index (χ0v) is 2.61. The molecule has 0 atom stereocenters. The van der Waals surface area contributed by atoms with Crippen molar-refractivity contribution in [3.8, 4) is 0 Å². The summed E-state index contributed by atoms with van der Waals surface area (Å²) < 4.78 is 0. The van der Waals surface area contributed by atoms with Gasteiger partial charge in [0, 0.05) is 0 Å². The largest absolute Gasteiger partial charge is 0.255 e. The standard InChI is InChI=1S/CH4.H2O4.H2O2/c;1-3-4-2;1-2/h1H4;1-2H;1-2H. The molecule has 0 aliphatic heterocycles. The topological polar surface area (TPSA) is 99.4 Å². The first-order valence-corrected chi connectivity index (χ1v) is 0.732. The summed E-state index contributed by atoms with van der Waals surface area (Å²) in [5.41, 5.74) is 0.